The summed E-state index contributed by atoms with van der Waals surface area (Å²) in [5, 5.41) is 11.6. The molecule has 0 aromatic carbocycles. The molecule has 0 amide bonds. The fourth-order valence-corrected chi connectivity index (χ4v) is 3.18. The van der Waals surface area contributed by atoms with Crippen molar-refractivity contribution in [3.63, 3.8) is 0 Å². The third-order valence-corrected chi connectivity index (χ3v) is 4.49. The van der Waals surface area contributed by atoms with Crippen LogP contribution in [0.5, 0.6) is 0 Å². The van der Waals surface area contributed by atoms with Gasteiger partial charge in [0, 0.05) is 18.0 Å². The number of anilines is 1. The van der Waals surface area contributed by atoms with Crippen molar-refractivity contribution in [3.05, 3.63) is 11.1 Å². The number of hydrogen-bond acceptors (Lipinski definition) is 6. The molecule has 1 saturated carbocycles. The van der Waals surface area contributed by atoms with Gasteiger partial charge in [-0.3, -0.25) is 4.79 Å². The lowest BCUT2D eigenvalue weighted by Crippen LogP contribution is -2.32. The summed E-state index contributed by atoms with van der Waals surface area (Å²) in [6.07, 6.45) is 2.80. The van der Waals surface area contributed by atoms with E-state index < -0.39 is 5.41 Å². The van der Waals surface area contributed by atoms with Crippen LogP contribution in [-0.4, -0.2) is 30.1 Å². The summed E-state index contributed by atoms with van der Waals surface area (Å²) in [6.45, 7) is 6.54. The lowest BCUT2D eigenvalue weighted by molar-refractivity contribution is -0.148. The van der Waals surface area contributed by atoms with E-state index in [-0.39, 0.29) is 5.97 Å². The standard InChI is InChI=1S/C15H21N3O2S/c1-4-20-13(19)15(2,3)12-10-21-14(17-12)18(9-5-8-16)11-6-7-11/h10-11H,4-7,9H2,1-3H3. The van der Waals surface area contributed by atoms with Gasteiger partial charge in [0.1, 0.15) is 5.41 Å². The highest BCUT2D eigenvalue weighted by Crippen LogP contribution is 2.36. The molecule has 1 aliphatic carbocycles. The van der Waals surface area contributed by atoms with Gasteiger partial charge in [0.25, 0.3) is 0 Å². The molecule has 0 saturated heterocycles. The fourth-order valence-electron chi connectivity index (χ4n) is 2.09. The summed E-state index contributed by atoms with van der Waals surface area (Å²) in [5.74, 6) is -0.253. The average Bonchev–Trinajstić information content (AvgIpc) is 3.15. The van der Waals surface area contributed by atoms with E-state index in [9.17, 15) is 4.79 Å². The van der Waals surface area contributed by atoms with Crippen LogP contribution in [0.4, 0.5) is 5.13 Å². The van der Waals surface area contributed by atoms with E-state index in [1.165, 1.54) is 11.3 Å². The van der Waals surface area contributed by atoms with Crippen molar-refractivity contribution < 1.29 is 9.53 Å². The molecule has 1 aromatic heterocycles. The fraction of sp³-hybridized carbons (Fsp3) is 0.667. The van der Waals surface area contributed by atoms with Crippen LogP contribution in [0.15, 0.2) is 5.38 Å². The Bertz CT molecular complexity index is 543. The minimum Gasteiger partial charge on any atom is -0.465 e. The normalized spacial score (nSPS) is 14.6. The SMILES string of the molecule is CCOC(=O)C(C)(C)c1csc(N(CCC#N)C2CC2)n1. The molecule has 21 heavy (non-hydrogen) atoms. The lowest BCUT2D eigenvalue weighted by Gasteiger charge is -2.22. The van der Waals surface area contributed by atoms with Gasteiger partial charge >= 0.3 is 5.97 Å². The Morgan fingerprint density at radius 2 is 2.33 bits per heavy atom. The van der Waals surface area contributed by atoms with Crippen LogP contribution in [0.3, 0.4) is 0 Å². The van der Waals surface area contributed by atoms with Crippen LogP contribution in [0.1, 0.15) is 45.7 Å². The van der Waals surface area contributed by atoms with Gasteiger partial charge in [-0.05, 0) is 33.6 Å². The summed E-state index contributed by atoms with van der Waals surface area (Å²) < 4.78 is 5.12. The highest BCUT2D eigenvalue weighted by molar-refractivity contribution is 7.13. The summed E-state index contributed by atoms with van der Waals surface area (Å²) >= 11 is 1.54. The molecule has 5 nitrogen and oxygen atoms in total. The molecular formula is C15H21N3O2S. The number of ether oxygens (including phenoxy) is 1. The zero-order valence-corrected chi connectivity index (χ0v) is 13.6. The number of nitrogens with zero attached hydrogens (tertiary/aromatic N) is 3. The Morgan fingerprint density at radius 1 is 1.62 bits per heavy atom. The maximum atomic E-state index is 12.0. The van der Waals surface area contributed by atoms with E-state index in [0.29, 0.717) is 25.6 Å². The largest absolute Gasteiger partial charge is 0.465 e. The van der Waals surface area contributed by atoms with Crippen molar-refractivity contribution in [1.82, 2.24) is 4.98 Å². The molecular weight excluding hydrogens is 286 g/mol. The Hall–Kier alpha value is -1.61. The average molecular weight is 307 g/mol. The first-order valence-electron chi connectivity index (χ1n) is 7.27. The van der Waals surface area contributed by atoms with Crippen molar-refractivity contribution in [3.8, 4) is 6.07 Å². The van der Waals surface area contributed by atoms with Crippen LogP contribution in [0.2, 0.25) is 0 Å². The van der Waals surface area contributed by atoms with E-state index in [0.717, 1.165) is 23.7 Å². The van der Waals surface area contributed by atoms with Crippen molar-refractivity contribution in [2.24, 2.45) is 0 Å². The van der Waals surface area contributed by atoms with Gasteiger partial charge in [-0.1, -0.05) is 0 Å². The molecule has 1 fully saturated rings. The number of thiazole rings is 1. The predicted octanol–water partition coefficient (Wildman–Crippen LogP) is 2.87. The molecule has 0 N–H and O–H groups in total. The quantitative estimate of drug-likeness (QED) is 0.725. The lowest BCUT2D eigenvalue weighted by atomic mass is 9.90. The molecule has 6 heteroatoms. The first-order chi connectivity index (χ1) is 10.0. The monoisotopic (exact) mass is 307 g/mol. The van der Waals surface area contributed by atoms with Crippen molar-refractivity contribution >= 4 is 22.4 Å². The first-order valence-corrected chi connectivity index (χ1v) is 8.15. The first kappa shape index (κ1) is 15.8. The summed E-state index contributed by atoms with van der Waals surface area (Å²) in [7, 11) is 0. The molecule has 0 aliphatic heterocycles. The van der Waals surface area contributed by atoms with Gasteiger partial charge < -0.3 is 9.64 Å². The number of rotatable bonds is 7. The van der Waals surface area contributed by atoms with Crippen LogP contribution < -0.4 is 4.90 Å². The second kappa shape index (κ2) is 6.44. The van der Waals surface area contributed by atoms with Gasteiger partial charge in [-0.2, -0.15) is 5.26 Å². The second-order valence-corrected chi connectivity index (χ2v) is 6.53. The van der Waals surface area contributed by atoms with Crippen molar-refractivity contribution in [2.45, 2.75) is 51.5 Å². The number of aromatic nitrogens is 1. The number of carbonyl (C=O) groups excluding carboxylic acids is 1. The molecule has 0 atom stereocenters. The molecule has 2 rings (SSSR count). The second-order valence-electron chi connectivity index (χ2n) is 5.69. The summed E-state index contributed by atoms with van der Waals surface area (Å²) in [6, 6.07) is 2.69. The van der Waals surface area contributed by atoms with Crippen molar-refractivity contribution in [1.29, 1.82) is 5.26 Å². The zero-order chi connectivity index (χ0) is 15.5. The number of carbonyl (C=O) groups is 1. The Morgan fingerprint density at radius 3 is 2.90 bits per heavy atom. The van der Waals surface area contributed by atoms with E-state index in [1.54, 1.807) is 6.92 Å². The third kappa shape index (κ3) is 3.53. The van der Waals surface area contributed by atoms with Gasteiger partial charge in [0.05, 0.1) is 24.8 Å². The van der Waals surface area contributed by atoms with Crippen molar-refractivity contribution in [2.75, 3.05) is 18.1 Å². The molecule has 0 radical (unpaired) electrons. The maximum Gasteiger partial charge on any atom is 0.317 e. The van der Waals surface area contributed by atoms with Crippen LogP contribution in [-0.2, 0) is 14.9 Å². The maximum absolute atomic E-state index is 12.0. The van der Waals surface area contributed by atoms with Gasteiger partial charge in [-0.25, -0.2) is 4.98 Å². The van der Waals surface area contributed by atoms with Crippen LogP contribution in [0, 0.1) is 11.3 Å². The van der Waals surface area contributed by atoms with E-state index in [2.05, 4.69) is 16.0 Å². The molecule has 0 unspecified atom stereocenters. The van der Waals surface area contributed by atoms with Crippen LogP contribution >= 0.6 is 11.3 Å². The van der Waals surface area contributed by atoms with Gasteiger partial charge in [-0.15, -0.1) is 11.3 Å². The van der Waals surface area contributed by atoms with Crippen LogP contribution in [0.25, 0.3) is 0 Å². The molecule has 0 spiro atoms. The Labute approximate surface area is 129 Å². The number of hydrogen-bond donors (Lipinski definition) is 0. The minimum absolute atomic E-state index is 0.253. The molecule has 1 aromatic rings. The predicted molar refractivity (Wildman–Crippen MR) is 82.4 cm³/mol. The smallest absolute Gasteiger partial charge is 0.317 e. The summed E-state index contributed by atoms with van der Waals surface area (Å²) in [5.41, 5.74) is -0.00146. The van der Waals surface area contributed by atoms with Gasteiger partial charge in [0.2, 0.25) is 0 Å². The highest BCUT2D eigenvalue weighted by Gasteiger charge is 2.36. The molecule has 1 aliphatic rings. The highest BCUT2D eigenvalue weighted by atomic mass is 32.1. The minimum atomic E-state index is -0.741. The van der Waals surface area contributed by atoms with Gasteiger partial charge in [0.15, 0.2) is 5.13 Å². The molecule has 114 valence electrons. The Kier molecular flexibility index (Phi) is 4.84. The van der Waals surface area contributed by atoms with E-state index in [1.807, 2.05) is 19.2 Å². The third-order valence-electron chi connectivity index (χ3n) is 3.62. The molecule has 1 heterocycles. The van der Waals surface area contributed by atoms with E-state index >= 15 is 0 Å². The number of nitriles is 1. The zero-order valence-electron chi connectivity index (χ0n) is 12.8. The Balaban J connectivity index is 2.16. The summed E-state index contributed by atoms with van der Waals surface area (Å²) in [4.78, 5) is 18.9. The number of esters is 1. The molecule has 0 bridgehead atoms. The topological polar surface area (TPSA) is 66.2 Å². The van der Waals surface area contributed by atoms with E-state index in [4.69, 9.17) is 10.00 Å².